The van der Waals surface area contributed by atoms with Crippen molar-refractivity contribution in [1.29, 1.82) is 5.26 Å². The first-order valence-electron chi connectivity index (χ1n) is 1.76. The van der Waals surface area contributed by atoms with E-state index in [4.69, 9.17) is 5.26 Å². The maximum atomic E-state index is 6.50. The molecule has 1 rings (SSSR count). The maximum Gasteiger partial charge on any atom is 0.0462 e. The fraction of sp³-hybridized carbons (Fsp3) is 0.750. The van der Waals surface area contributed by atoms with E-state index in [9.17, 15) is 0 Å². The highest BCUT2D eigenvalue weighted by molar-refractivity contribution is 4.50. The van der Waals surface area contributed by atoms with Gasteiger partial charge < -0.3 is 0 Å². The van der Waals surface area contributed by atoms with Crippen LogP contribution in [-0.2, 0) is 0 Å². The third-order valence-corrected chi connectivity index (χ3v) is 0.354. The molecular formula is C4H7N. The monoisotopic (exact) mass is 69.1 g/mol. The molecule has 0 bridgehead atoms. The Hall–Kier alpha value is -0.510. The van der Waals surface area contributed by atoms with Crippen molar-refractivity contribution in [2.75, 3.05) is 0 Å². The summed E-state index contributed by atoms with van der Waals surface area (Å²) in [7, 11) is 0. The molecule has 1 heteroatoms. The lowest BCUT2D eigenvalue weighted by Crippen LogP contribution is -0.856. The molecule has 0 aromatic carbocycles. The van der Waals surface area contributed by atoms with Crippen molar-refractivity contribution in [1.82, 2.24) is 0 Å². The molecule has 0 N–H and O–H groups in total. The molecule has 0 unspecified atom stereocenters. The van der Waals surface area contributed by atoms with Crippen LogP contribution in [0, 0.1) is 11.8 Å². The first-order chi connectivity index (χ1) is 2.50. The van der Waals surface area contributed by atoms with Gasteiger partial charge in [0, 0.05) is 6.57 Å². The van der Waals surface area contributed by atoms with Crippen molar-refractivity contribution in [3.63, 3.8) is 0 Å². The Morgan fingerprint density at radius 1 is 1.00 bits per heavy atom. The number of nitrogens with zero attached hydrogens (tertiary/aromatic N) is 1. The van der Waals surface area contributed by atoms with Crippen LogP contribution in [0.5, 0.6) is 0 Å². The Labute approximate surface area is 32.2 Å². The van der Waals surface area contributed by atoms with Crippen molar-refractivity contribution in [3.8, 4) is 6.57 Å². The molecule has 0 spiro atoms. The average Bonchev–Trinajstić information content (AvgIpc) is 2.19. The number of rotatable bonds is 0. The summed E-state index contributed by atoms with van der Waals surface area (Å²) in [5.74, 6) is 0. The summed E-state index contributed by atoms with van der Waals surface area (Å²) < 4.78 is 0. The summed E-state index contributed by atoms with van der Waals surface area (Å²) in [5.41, 5.74) is 0. The minimum atomic E-state index is 1.50. The quantitative estimate of drug-likeness (QED) is 0.420. The van der Waals surface area contributed by atoms with Crippen LogP contribution in [0.15, 0.2) is 0 Å². The van der Waals surface area contributed by atoms with E-state index in [1.807, 2.05) is 0 Å². The van der Waals surface area contributed by atoms with Crippen molar-refractivity contribution >= 4 is 0 Å². The molecule has 1 aliphatic rings. The molecular weight excluding hydrogens is 62.1 g/mol. The van der Waals surface area contributed by atoms with Crippen LogP contribution < -0.4 is 0 Å². The van der Waals surface area contributed by atoms with Crippen LogP contribution in [0.4, 0.5) is 0 Å². The number of hydrogen-bond donors (Lipinski definition) is 0. The Morgan fingerprint density at radius 3 is 1.20 bits per heavy atom. The Bertz CT molecular complexity index is 25.1. The average molecular weight is 69.1 g/mol. The number of nitriles is 1. The molecule has 0 aliphatic heterocycles. The standard InChI is InChI=1S/C3H6.CHN/c1-2-3-1;1-2/h1-3H2;1H. The van der Waals surface area contributed by atoms with E-state index in [1.54, 1.807) is 0 Å². The zero-order valence-corrected chi connectivity index (χ0v) is 3.15. The highest BCUT2D eigenvalue weighted by Gasteiger charge is 1.95. The van der Waals surface area contributed by atoms with Gasteiger partial charge in [-0.25, -0.2) is 5.26 Å². The summed E-state index contributed by atoms with van der Waals surface area (Å²) >= 11 is 0. The van der Waals surface area contributed by atoms with E-state index in [-0.39, 0.29) is 0 Å². The normalized spacial score (nSPS) is 14.8. The fourth-order valence-corrected chi connectivity index (χ4v) is 0. The topological polar surface area (TPSA) is 23.8 Å². The van der Waals surface area contributed by atoms with Gasteiger partial charge in [0.05, 0.1) is 0 Å². The lowest BCUT2D eigenvalue weighted by molar-refractivity contribution is 1.50. The Kier molecular flexibility index (Phi) is 3.13. The third kappa shape index (κ3) is 32.3. The molecule has 0 amide bonds. The smallest absolute Gasteiger partial charge is 0.0462 e. The van der Waals surface area contributed by atoms with Gasteiger partial charge in [-0.1, -0.05) is 19.3 Å². The molecule has 1 fully saturated rings. The van der Waals surface area contributed by atoms with Crippen LogP contribution in [0.3, 0.4) is 0 Å². The van der Waals surface area contributed by atoms with E-state index in [1.165, 1.54) is 19.3 Å². The number of hydrogen-bond acceptors (Lipinski definition) is 1. The van der Waals surface area contributed by atoms with Gasteiger partial charge in [0.15, 0.2) is 0 Å². The Balaban J connectivity index is 0.0000000733. The van der Waals surface area contributed by atoms with Crippen molar-refractivity contribution in [2.45, 2.75) is 19.3 Å². The maximum absolute atomic E-state index is 6.50. The molecule has 0 atom stereocenters. The second kappa shape index (κ2) is 3.49. The zero-order chi connectivity index (χ0) is 4.12. The molecule has 0 heterocycles. The van der Waals surface area contributed by atoms with Gasteiger partial charge in [0.25, 0.3) is 0 Å². The van der Waals surface area contributed by atoms with Crippen LogP contribution in [-0.4, -0.2) is 0 Å². The molecule has 0 radical (unpaired) electrons. The molecule has 5 heavy (non-hydrogen) atoms. The highest BCUT2D eigenvalue weighted by Crippen LogP contribution is 2.14. The van der Waals surface area contributed by atoms with E-state index >= 15 is 0 Å². The summed E-state index contributed by atoms with van der Waals surface area (Å²) in [6.07, 6.45) is 4.50. The molecule has 1 saturated carbocycles. The summed E-state index contributed by atoms with van der Waals surface area (Å²) in [6, 6.07) is 0. The van der Waals surface area contributed by atoms with Crippen molar-refractivity contribution in [2.24, 2.45) is 0 Å². The summed E-state index contributed by atoms with van der Waals surface area (Å²) in [6.45, 7) is 3.50. The highest BCUT2D eigenvalue weighted by atomic mass is 14.2. The van der Waals surface area contributed by atoms with Gasteiger partial charge in [-0.3, -0.25) is 0 Å². The van der Waals surface area contributed by atoms with Gasteiger partial charge in [0.1, 0.15) is 0 Å². The van der Waals surface area contributed by atoms with Gasteiger partial charge in [-0.05, 0) is 0 Å². The largest absolute Gasteiger partial charge is 0.202 e. The second-order valence-electron chi connectivity index (χ2n) is 1.06. The molecule has 1 nitrogen and oxygen atoms in total. The van der Waals surface area contributed by atoms with Crippen LogP contribution in [0.1, 0.15) is 19.3 Å². The second-order valence-corrected chi connectivity index (χ2v) is 1.06. The van der Waals surface area contributed by atoms with Crippen LogP contribution in [0.25, 0.3) is 0 Å². The summed E-state index contributed by atoms with van der Waals surface area (Å²) in [4.78, 5) is 0. The van der Waals surface area contributed by atoms with E-state index in [0.29, 0.717) is 0 Å². The predicted octanol–water partition coefficient (Wildman–Crippen LogP) is 1.31. The zero-order valence-electron chi connectivity index (χ0n) is 3.15. The van der Waals surface area contributed by atoms with Gasteiger partial charge >= 0.3 is 0 Å². The van der Waals surface area contributed by atoms with Gasteiger partial charge in [-0.15, -0.1) is 0 Å². The molecule has 28 valence electrons. The van der Waals surface area contributed by atoms with E-state index in [2.05, 4.69) is 6.57 Å². The summed E-state index contributed by atoms with van der Waals surface area (Å²) in [5, 5.41) is 6.50. The lowest BCUT2D eigenvalue weighted by atomic mass is 11.0. The minimum Gasteiger partial charge on any atom is -0.202 e. The SMILES string of the molecule is C#N.C1CC1. The minimum absolute atomic E-state index is 1.50. The lowest BCUT2D eigenvalue weighted by Gasteiger charge is -1.05. The van der Waals surface area contributed by atoms with Crippen molar-refractivity contribution < 1.29 is 0 Å². The first kappa shape index (κ1) is 4.49. The third-order valence-electron chi connectivity index (χ3n) is 0.354. The van der Waals surface area contributed by atoms with Gasteiger partial charge in [-0.2, -0.15) is 0 Å². The van der Waals surface area contributed by atoms with Crippen molar-refractivity contribution in [3.05, 3.63) is 0 Å². The molecule has 0 aromatic heterocycles. The van der Waals surface area contributed by atoms with E-state index in [0.717, 1.165) is 0 Å². The molecule has 1 aliphatic carbocycles. The van der Waals surface area contributed by atoms with Crippen LogP contribution >= 0.6 is 0 Å². The molecule has 0 saturated heterocycles. The first-order valence-corrected chi connectivity index (χ1v) is 1.76. The molecule has 0 aromatic rings. The van der Waals surface area contributed by atoms with E-state index < -0.39 is 0 Å². The predicted molar refractivity (Wildman–Crippen MR) is 20.5 cm³/mol. The van der Waals surface area contributed by atoms with Gasteiger partial charge in [0.2, 0.25) is 0 Å². The fourth-order valence-electron chi connectivity index (χ4n) is 0. The van der Waals surface area contributed by atoms with Crippen LogP contribution in [0.2, 0.25) is 0 Å². The Morgan fingerprint density at radius 2 is 1.20 bits per heavy atom.